The van der Waals surface area contributed by atoms with Crippen LogP contribution in [-0.4, -0.2) is 42.8 Å². The zero-order chi connectivity index (χ0) is 17.9. The number of morpholine rings is 1. The molecule has 0 radical (unpaired) electrons. The molecule has 0 aliphatic carbocycles. The molecule has 0 bridgehead atoms. The van der Waals surface area contributed by atoms with Crippen LogP contribution < -0.4 is 10.1 Å². The van der Waals surface area contributed by atoms with Crippen molar-refractivity contribution in [2.45, 2.75) is 31.7 Å². The molecule has 2 heterocycles. The number of para-hydroxylation sites is 1. The van der Waals surface area contributed by atoms with Crippen LogP contribution in [0.25, 0.3) is 0 Å². The van der Waals surface area contributed by atoms with Crippen LogP contribution >= 0.6 is 0 Å². The minimum atomic E-state index is -0.0855. The summed E-state index contributed by atoms with van der Waals surface area (Å²) >= 11 is 0. The molecule has 5 heteroatoms. The number of hydrogen-bond donors (Lipinski definition) is 1. The lowest BCUT2D eigenvalue weighted by Gasteiger charge is -2.37. The first kappa shape index (κ1) is 16.9. The van der Waals surface area contributed by atoms with E-state index in [-0.39, 0.29) is 24.3 Å². The summed E-state index contributed by atoms with van der Waals surface area (Å²) in [4.78, 5) is 14.5. The summed E-state index contributed by atoms with van der Waals surface area (Å²) in [6, 6.07) is 18.1. The van der Waals surface area contributed by atoms with Crippen LogP contribution in [0.3, 0.4) is 0 Å². The second kappa shape index (κ2) is 7.38. The van der Waals surface area contributed by atoms with E-state index in [0.29, 0.717) is 19.6 Å². The number of rotatable bonds is 3. The molecular formula is C21H24N2O3. The molecule has 1 N–H and O–H groups in total. The maximum atomic E-state index is 12.7. The molecule has 1 saturated heterocycles. The molecule has 26 heavy (non-hydrogen) atoms. The minimum absolute atomic E-state index is 0.000246. The predicted molar refractivity (Wildman–Crippen MR) is 99.3 cm³/mol. The molecule has 2 aromatic carbocycles. The molecule has 3 atom stereocenters. The number of fused-ring (bicyclic) bond motifs is 1. The van der Waals surface area contributed by atoms with E-state index in [0.717, 1.165) is 17.7 Å². The minimum Gasteiger partial charge on any atom is -0.488 e. The van der Waals surface area contributed by atoms with E-state index < -0.39 is 0 Å². The predicted octanol–water partition coefficient (Wildman–Crippen LogP) is 3.16. The van der Waals surface area contributed by atoms with Crippen LogP contribution in [0.5, 0.6) is 5.75 Å². The first-order valence-electron chi connectivity index (χ1n) is 9.17. The van der Waals surface area contributed by atoms with Gasteiger partial charge in [0.15, 0.2) is 0 Å². The first-order valence-corrected chi connectivity index (χ1v) is 9.17. The SMILES string of the molecule is C[C@@H]1CN(C(=O)NC[C@@H]2Cc3ccccc3O2)C[C@H](c2ccccc2)O1. The highest BCUT2D eigenvalue weighted by Crippen LogP contribution is 2.28. The molecule has 0 unspecified atom stereocenters. The topological polar surface area (TPSA) is 50.8 Å². The van der Waals surface area contributed by atoms with Gasteiger partial charge in [0.1, 0.15) is 18.0 Å². The van der Waals surface area contributed by atoms with Gasteiger partial charge >= 0.3 is 6.03 Å². The third kappa shape index (κ3) is 3.68. The van der Waals surface area contributed by atoms with Crippen molar-refractivity contribution in [2.75, 3.05) is 19.6 Å². The number of nitrogens with zero attached hydrogens (tertiary/aromatic N) is 1. The number of amides is 2. The van der Waals surface area contributed by atoms with Crippen LogP contribution in [0.2, 0.25) is 0 Å². The summed E-state index contributed by atoms with van der Waals surface area (Å²) in [5, 5.41) is 3.03. The number of nitrogens with one attached hydrogen (secondary N) is 1. The number of carbonyl (C=O) groups excluding carboxylic acids is 1. The Kier molecular flexibility index (Phi) is 4.80. The number of carbonyl (C=O) groups is 1. The van der Waals surface area contributed by atoms with Gasteiger partial charge < -0.3 is 19.7 Å². The van der Waals surface area contributed by atoms with Gasteiger partial charge in [0.25, 0.3) is 0 Å². The van der Waals surface area contributed by atoms with Crippen molar-refractivity contribution in [3.8, 4) is 5.75 Å². The van der Waals surface area contributed by atoms with Crippen molar-refractivity contribution in [1.29, 1.82) is 0 Å². The van der Waals surface area contributed by atoms with E-state index in [4.69, 9.17) is 9.47 Å². The smallest absolute Gasteiger partial charge is 0.317 e. The highest BCUT2D eigenvalue weighted by molar-refractivity contribution is 5.74. The second-order valence-electron chi connectivity index (χ2n) is 6.99. The van der Waals surface area contributed by atoms with Gasteiger partial charge in [-0.05, 0) is 24.1 Å². The normalized spacial score (nSPS) is 24.7. The highest BCUT2D eigenvalue weighted by Gasteiger charge is 2.30. The van der Waals surface area contributed by atoms with Crippen LogP contribution in [-0.2, 0) is 11.2 Å². The van der Waals surface area contributed by atoms with Crippen LogP contribution in [0, 0.1) is 0 Å². The summed E-state index contributed by atoms with van der Waals surface area (Å²) in [6.45, 7) is 3.67. The quantitative estimate of drug-likeness (QED) is 0.923. The largest absolute Gasteiger partial charge is 0.488 e. The van der Waals surface area contributed by atoms with Gasteiger partial charge in [0, 0.05) is 13.0 Å². The molecule has 1 fully saturated rings. The number of ether oxygens (including phenoxy) is 2. The Bertz CT molecular complexity index is 740. The van der Waals surface area contributed by atoms with E-state index in [1.807, 2.05) is 60.4 Å². The average Bonchev–Trinajstić information content (AvgIpc) is 3.09. The summed E-state index contributed by atoms with van der Waals surface area (Å²) in [6.07, 6.45) is 0.756. The van der Waals surface area contributed by atoms with Gasteiger partial charge in [0.2, 0.25) is 0 Å². The second-order valence-corrected chi connectivity index (χ2v) is 6.99. The van der Waals surface area contributed by atoms with Gasteiger partial charge in [-0.3, -0.25) is 0 Å². The van der Waals surface area contributed by atoms with Crippen molar-refractivity contribution in [2.24, 2.45) is 0 Å². The van der Waals surface area contributed by atoms with Gasteiger partial charge in [-0.25, -0.2) is 4.79 Å². The zero-order valence-corrected chi connectivity index (χ0v) is 14.9. The summed E-state index contributed by atoms with van der Waals surface area (Å²) in [5.74, 6) is 0.927. The molecule has 2 aromatic rings. The summed E-state index contributed by atoms with van der Waals surface area (Å²) in [5.41, 5.74) is 2.31. The monoisotopic (exact) mass is 352 g/mol. The third-order valence-electron chi connectivity index (χ3n) is 4.91. The van der Waals surface area contributed by atoms with Crippen LogP contribution in [0.15, 0.2) is 54.6 Å². The van der Waals surface area contributed by atoms with Crippen molar-refractivity contribution in [3.63, 3.8) is 0 Å². The lowest BCUT2D eigenvalue weighted by Crippen LogP contribution is -2.51. The maximum absolute atomic E-state index is 12.7. The van der Waals surface area contributed by atoms with Crippen molar-refractivity contribution >= 4 is 6.03 Å². The lowest BCUT2D eigenvalue weighted by molar-refractivity contribution is -0.0657. The fraction of sp³-hybridized carbons (Fsp3) is 0.381. The van der Waals surface area contributed by atoms with E-state index >= 15 is 0 Å². The maximum Gasteiger partial charge on any atom is 0.317 e. The fourth-order valence-electron chi connectivity index (χ4n) is 3.65. The molecule has 136 valence electrons. The molecule has 2 aliphatic rings. The Morgan fingerprint density at radius 2 is 1.88 bits per heavy atom. The summed E-state index contributed by atoms with van der Waals surface area (Å²) < 4.78 is 11.9. The van der Waals surface area contributed by atoms with Crippen LogP contribution in [0.1, 0.15) is 24.2 Å². The number of urea groups is 1. The molecule has 0 spiro atoms. The van der Waals surface area contributed by atoms with Crippen molar-refractivity contribution < 1.29 is 14.3 Å². The van der Waals surface area contributed by atoms with E-state index in [9.17, 15) is 4.79 Å². The first-order chi connectivity index (χ1) is 12.7. The Morgan fingerprint density at radius 1 is 1.12 bits per heavy atom. The highest BCUT2D eigenvalue weighted by atomic mass is 16.5. The Labute approximate surface area is 153 Å². The van der Waals surface area contributed by atoms with Crippen LogP contribution in [0.4, 0.5) is 4.79 Å². The molecule has 4 rings (SSSR count). The average molecular weight is 352 g/mol. The summed E-state index contributed by atoms with van der Waals surface area (Å²) in [7, 11) is 0. The van der Waals surface area contributed by atoms with Crippen molar-refractivity contribution in [1.82, 2.24) is 10.2 Å². The molecule has 2 amide bonds. The Balaban J connectivity index is 1.33. The Morgan fingerprint density at radius 3 is 2.69 bits per heavy atom. The molecule has 5 nitrogen and oxygen atoms in total. The molecule has 0 aromatic heterocycles. The number of benzene rings is 2. The number of hydrogen-bond acceptors (Lipinski definition) is 3. The molecule has 2 aliphatic heterocycles. The Hall–Kier alpha value is -2.53. The van der Waals surface area contributed by atoms with Gasteiger partial charge in [0.05, 0.1) is 19.2 Å². The molecular weight excluding hydrogens is 328 g/mol. The van der Waals surface area contributed by atoms with E-state index in [2.05, 4.69) is 11.4 Å². The van der Waals surface area contributed by atoms with Gasteiger partial charge in [-0.2, -0.15) is 0 Å². The zero-order valence-electron chi connectivity index (χ0n) is 14.9. The van der Waals surface area contributed by atoms with E-state index in [1.54, 1.807) is 0 Å². The standard InChI is InChI=1S/C21H24N2O3/c1-15-13-23(14-20(25-15)16-7-3-2-4-8-16)21(24)22-12-18-11-17-9-5-6-10-19(17)26-18/h2-10,15,18,20H,11-14H2,1H3,(H,22,24)/t15-,18+,20-/m1/s1. The third-order valence-corrected chi connectivity index (χ3v) is 4.91. The van der Waals surface area contributed by atoms with Gasteiger partial charge in [-0.15, -0.1) is 0 Å². The lowest BCUT2D eigenvalue weighted by atomic mass is 10.1. The van der Waals surface area contributed by atoms with Crippen molar-refractivity contribution in [3.05, 3.63) is 65.7 Å². The molecule has 0 saturated carbocycles. The van der Waals surface area contributed by atoms with E-state index in [1.165, 1.54) is 5.56 Å². The van der Waals surface area contributed by atoms with Gasteiger partial charge in [-0.1, -0.05) is 48.5 Å². The fourth-order valence-corrected chi connectivity index (χ4v) is 3.65.